The zero-order valence-corrected chi connectivity index (χ0v) is 15.9. The van der Waals surface area contributed by atoms with E-state index in [9.17, 15) is 13.2 Å². The minimum absolute atomic E-state index is 0.0222. The molecule has 0 saturated carbocycles. The van der Waals surface area contributed by atoms with E-state index in [-0.39, 0.29) is 16.6 Å². The second-order valence-electron chi connectivity index (χ2n) is 5.87. The molecule has 0 radical (unpaired) electrons. The van der Waals surface area contributed by atoms with E-state index >= 15 is 0 Å². The van der Waals surface area contributed by atoms with Crippen LogP contribution in [0.1, 0.15) is 0 Å². The molecule has 2 aromatic carbocycles. The van der Waals surface area contributed by atoms with E-state index in [1.165, 1.54) is 24.3 Å². The van der Waals surface area contributed by atoms with Crippen LogP contribution in [0, 0.1) is 0 Å². The number of benzene rings is 2. The number of para-hydroxylation sites is 1. The van der Waals surface area contributed by atoms with Crippen molar-refractivity contribution >= 4 is 55.4 Å². The Morgan fingerprint density at radius 3 is 2.61 bits per heavy atom. The number of rotatable bonds is 5. The Labute approximate surface area is 163 Å². The number of aromatic amines is 1. The number of nitrogens with zero attached hydrogens (tertiary/aromatic N) is 3. The first-order chi connectivity index (χ1) is 13.4. The highest BCUT2D eigenvalue weighted by molar-refractivity contribution is 7.99. The lowest BCUT2D eigenvalue weighted by molar-refractivity contribution is -0.113. The normalized spacial score (nSPS) is 11.8. The second-order valence-corrected chi connectivity index (χ2v) is 8.37. The molecule has 0 saturated heterocycles. The Morgan fingerprint density at radius 2 is 1.86 bits per heavy atom. The number of hydrogen-bond donors (Lipinski definition) is 3. The van der Waals surface area contributed by atoms with Gasteiger partial charge in [-0.3, -0.25) is 4.79 Å². The molecular formula is C17H14N6O3S2. The van der Waals surface area contributed by atoms with Crippen LogP contribution in [0.25, 0.3) is 22.1 Å². The monoisotopic (exact) mass is 414 g/mol. The second kappa shape index (κ2) is 7.19. The molecule has 4 N–H and O–H groups in total. The summed E-state index contributed by atoms with van der Waals surface area (Å²) in [4.78, 5) is 19.7. The molecule has 4 rings (SSSR count). The average Bonchev–Trinajstić information content (AvgIpc) is 3.04. The molecule has 1 amide bonds. The van der Waals surface area contributed by atoms with Gasteiger partial charge in [-0.15, -0.1) is 10.2 Å². The molecule has 0 aliphatic carbocycles. The number of H-pyrrole nitrogens is 1. The maximum atomic E-state index is 12.1. The van der Waals surface area contributed by atoms with Crippen molar-refractivity contribution < 1.29 is 13.2 Å². The highest BCUT2D eigenvalue weighted by Crippen LogP contribution is 2.23. The average molecular weight is 414 g/mol. The number of carbonyl (C=O) groups excluding carboxylic acids is 1. The van der Waals surface area contributed by atoms with Gasteiger partial charge in [0.1, 0.15) is 5.52 Å². The minimum atomic E-state index is -3.77. The van der Waals surface area contributed by atoms with Crippen LogP contribution in [0.4, 0.5) is 5.69 Å². The third-order valence-corrected chi connectivity index (χ3v) is 5.67. The predicted octanol–water partition coefficient (Wildman–Crippen LogP) is 1.88. The van der Waals surface area contributed by atoms with E-state index in [1.54, 1.807) is 0 Å². The molecule has 4 aromatic rings. The number of nitrogens with one attached hydrogen (secondary N) is 2. The first kappa shape index (κ1) is 18.3. The summed E-state index contributed by atoms with van der Waals surface area (Å²) in [6.45, 7) is 0. The summed E-state index contributed by atoms with van der Waals surface area (Å²) in [6.07, 6.45) is 0. The quantitative estimate of drug-likeness (QED) is 0.423. The summed E-state index contributed by atoms with van der Waals surface area (Å²) in [5, 5.41) is 17.3. The van der Waals surface area contributed by atoms with Crippen molar-refractivity contribution in [3.8, 4) is 0 Å². The summed E-state index contributed by atoms with van der Waals surface area (Å²) >= 11 is 1.15. The third-order valence-electron chi connectivity index (χ3n) is 3.90. The van der Waals surface area contributed by atoms with Crippen molar-refractivity contribution in [2.75, 3.05) is 11.1 Å². The Hall–Kier alpha value is -3.02. The van der Waals surface area contributed by atoms with Gasteiger partial charge in [0.15, 0.2) is 5.65 Å². The van der Waals surface area contributed by atoms with Gasteiger partial charge < -0.3 is 10.3 Å². The van der Waals surface area contributed by atoms with Gasteiger partial charge in [-0.05, 0) is 30.3 Å². The molecule has 0 bridgehead atoms. The number of primary sulfonamides is 1. The zero-order valence-electron chi connectivity index (χ0n) is 14.3. The van der Waals surface area contributed by atoms with Gasteiger partial charge in [0.05, 0.1) is 10.6 Å². The smallest absolute Gasteiger partial charge is 0.238 e. The summed E-state index contributed by atoms with van der Waals surface area (Å²) in [7, 11) is -3.77. The molecule has 0 atom stereocenters. The molecule has 11 heteroatoms. The van der Waals surface area contributed by atoms with Gasteiger partial charge in [0.2, 0.25) is 21.1 Å². The molecular weight excluding hydrogens is 400 g/mol. The van der Waals surface area contributed by atoms with E-state index in [0.29, 0.717) is 22.0 Å². The van der Waals surface area contributed by atoms with E-state index in [1.807, 2.05) is 24.3 Å². The summed E-state index contributed by atoms with van der Waals surface area (Å²) in [5.74, 6) is -0.210. The van der Waals surface area contributed by atoms with Gasteiger partial charge in [-0.25, -0.2) is 18.5 Å². The van der Waals surface area contributed by atoms with Gasteiger partial charge in [0, 0.05) is 16.6 Å². The van der Waals surface area contributed by atoms with Gasteiger partial charge in [0.25, 0.3) is 0 Å². The van der Waals surface area contributed by atoms with E-state index < -0.39 is 10.0 Å². The topological polar surface area (TPSA) is 144 Å². The number of aromatic nitrogens is 4. The van der Waals surface area contributed by atoms with Crippen molar-refractivity contribution in [1.82, 2.24) is 20.2 Å². The lowest BCUT2D eigenvalue weighted by Crippen LogP contribution is -2.15. The Kier molecular flexibility index (Phi) is 4.71. The van der Waals surface area contributed by atoms with Crippen molar-refractivity contribution in [3.63, 3.8) is 0 Å². The largest absolute Gasteiger partial charge is 0.338 e. The van der Waals surface area contributed by atoms with E-state index in [2.05, 4.69) is 25.5 Å². The van der Waals surface area contributed by atoms with Crippen molar-refractivity contribution in [2.24, 2.45) is 5.14 Å². The van der Waals surface area contributed by atoms with Crippen LogP contribution in [0.15, 0.2) is 58.6 Å². The fourth-order valence-corrected chi connectivity index (χ4v) is 3.72. The molecule has 2 aromatic heterocycles. The van der Waals surface area contributed by atoms with Crippen LogP contribution in [0.3, 0.4) is 0 Å². The fraction of sp³-hybridized carbons (Fsp3) is 0.0588. The van der Waals surface area contributed by atoms with E-state index in [0.717, 1.165) is 22.7 Å². The number of sulfonamides is 1. The first-order valence-electron chi connectivity index (χ1n) is 8.07. The van der Waals surface area contributed by atoms with Crippen LogP contribution in [-0.4, -0.2) is 40.2 Å². The minimum Gasteiger partial charge on any atom is -0.338 e. The predicted molar refractivity (Wildman–Crippen MR) is 106 cm³/mol. The van der Waals surface area contributed by atoms with Crippen LogP contribution in [-0.2, 0) is 14.8 Å². The molecule has 9 nitrogen and oxygen atoms in total. The number of anilines is 1. The molecule has 2 heterocycles. The standard InChI is InChI=1S/C17H14N6O3S2/c18-28(25,26)11-7-5-10(6-8-11)19-14(24)9-27-17-21-16-15(22-23-17)12-3-1-2-4-13(12)20-16/h1-8H,9H2,(H,19,24)(H2,18,25,26)(H,20,21,23). The molecule has 0 unspecified atom stereocenters. The fourth-order valence-electron chi connectivity index (χ4n) is 2.62. The number of nitrogens with two attached hydrogens (primary N) is 1. The zero-order chi connectivity index (χ0) is 19.7. The number of hydrogen-bond acceptors (Lipinski definition) is 7. The lowest BCUT2D eigenvalue weighted by Gasteiger charge is -2.05. The SMILES string of the molecule is NS(=O)(=O)c1ccc(NC(=O)CSc2nnc3c(n2)[nH]c2ccccc23)cc1. The molecule has 142 valence electrons. The Bertz CT molecular complexity index is 1290. The number of carbonyl (C=O) groups is 1. The van der Waals surface area contributed by atoms with Crippen LogP contribution in [0.5, 0.6) is 0 Å². The molecule has 28 heavy (non-hydrogen) atoms. The van der Waals surface area contributed by atoms with Crippen molar-refractivity contribution in [2.45, 2.75) is 10.1 Å². The highest BCUT2D eigenvalue weighted by atomic mass is 32.2. The van der Waals surface area contributed by atoms with Crippen molar-refractivity contribution in [3.05, 3.63) is 48.5 Å². The summed E-state index contributed by atoms with van der Waals surface area (Å²) in [5.41, 5.74) is 2.67. The molecule has 0 fully saturated rings. The molecule has 0 aliphatic heterocycles. The Balaban J connectivity index is 1.42. The molecule has 0 spiro atoms. The van der Waals surface area contributed by atoms with Gasteiger partial charge in [-0.1, -0.05) is 30.0 Å². The summed E-state index contributed by atoms with van der Waals surface area (Å²) in [6, 6.07) is 13.3. The summed E-state index contributed by atoms with van der Waals surface area (Å²) < 4.78 is 22.5. The Morgan fingerprint density at radius 1 is 1.11 bits per heavy atom. The van der Waals surface area contributed by atoms with E-state index in [4.69, 9.17) is 5.14 Å². The highest BCUT2D eigenvalue weighted by Gasteiger charge is 2.11. The van der Waals surface area contributed by atoms with Gasteiger partial charge >= 0.3 is 0 Å². The number of thioether (sulfide) groups is 1. The third kappa shape index (κ3) is 3.81. The van der Waals surface area contributed by atoms with Crippen LogP contribution < -0.4 is 10.5 Å². The number of fused-ring (bicyclic) bond motifs is 3. The number of amides is 1. The van der Waals surface area contributed by atoms with Gasteiger partial charge in [-0.2, -0.15) is 0 Å². The van der Waals surface area contributed by atoms with Crippen molar-refractivity contribution in [1.29, 1.82) is 0 Å². The first-order valence-corrected chi connectivity index (χ1v) is 10.6. The maximum Gasteiger partial charge on any atom is 0.238 e. The lowest BCUT2D eigenvalue weighted by atomic mass is 10.2. The maximum absolute atomic E-state index is 12.1. The van der Waals surface area contributed by atoms with Crippen LogP contribution in [0.2, 0.25) is 0 Å². The molecule has 0 aliphatic rings. The van der Waals surface area contributed by atoms with Crippen LogP contribution >= 0.6 is 11.8 Å².